The van der Waals surface area contributed by atoms with E-state index in [2.05, 4.69) is 0 Å². The number of halogens is 1. The second kappa shape index (κ2) is 5.89. The van der Waals surface area contributed by atoms with Gasteiger partial charge in [-0.25, -0.2) is 4.79 Å². The molecule has 1 aliphatic heterocycles. The number of esters is 1. The van der Waals surface area contributed by atoms with Crippen LogP contribution >= 0.6 is 11.6 Å². The standard InChI is InChI=1S/C17H15ClO4/c1-20-15-11-5-3-4-6-12(11)16(21-2)14(18)13(15)9-10-7-8-22-17(10)19/h3-6,9H,7-8H2,1-2H3/b10-9+. The van der Waals surface area contributed by atoms with Crippen LogP contribution in [0.15, 0.2) is 29.8 Å². The Morgan fingerprint density at radius 2 is 1.77 bits per heavy atom. The van der Waals surface area contributed by atoms with Gasteiger partial charge in [-0.05, 0) is 6.08 Å². The summed E-state index contributed by atoms with van der Waals surface area (Å²) in [5, 5.41) is 2.16. The van der Waals surface area contributed by atoms with Crippen molar-refractivity contribution in [3.63, 3.8) is 0 Å². The molecule has 0 aromatic heterocycles. The lowest BCUT2D eigenvalue weighted by atomic mass is 10.0. The first-order valence-corrected chi connectivity index (χ1v) is 7.25. The summed E-state index contributed by atoms with van der Waals surface area (Å²) < 4.78 is 16.0. The lowest BCUT2D eigenvalue weighted by Gasteiger charge is -2.16. The summed E-state index contributed by atoms with van der Waals surface area (Å²) in [5.41, 5.74) is 1.21. The van der Waals surface area contributed by atoms with Crippen molar-refractivity contribution in [3.05, 3.63) is 40.4 Å². The maximum absolute atomic E-state index is 11.7. The summed E-state index contributed by atoms with van der Waals surface area (Å²) in [7, 11) is 3.15. The van der Waals surface area contributed by atoms with Gasteiger partial charge in [0.2, 0.25) is 0 Å². The molecule has 0 aliphatic carbocycles. The molecule has 0 spiro atoms. The van der Waals surface area contributed by atoms with Crippen LogP contribution in [0.25, 0.3) is 16.8 Å². The fraction of sp³-hybridized carbons (Fsp3) is 0.235. The summed E-state index contributed by atoms with van der Waals surface area (Å²) in [5.74, 6) is 0.870. The normalized spacial score (nSPS) is 16.1. The quantitative estimate of drug-likeness (QED) is 0.637. The molecular formula is C17H15ClO4. The fourth-order valence-electron chi connectivity index (χ4n) is 2.67. The number of rotatable bonds is 3. The maximum atomic E-state index is 11.7. The molecule has 4 nitrogen and oxygen atoms in total. The lowest BCUT2D eigenvalue weighted by molar-refractivity contribution is -0.134. The van der Waals surface area contributed by atoms with Gasteiger partial charge < -0.3 is 14.2 Å². The van der Waals surface area contributed by atoms with Crippen molar-refractivity contribution >= 4 is 34.4 Å². The molecule has 2 aromatic carbocycles. The zero-order valence-electron chi connectivity index (χ0n) is 12.3. The van der Waals surface area contributed by atoms with Crippen LogP contribution in [-0.4, -0.2) is 26.8 Å². The van der Waals surface area contributed by atoms with Crippen LogP contribution in [0.5, 0.6) is 11.5 Å². The number of ether oxygens (including phenoxy) is 3. The molecule has 5 heteroatoms. The van der Waals surface area contributed by atoms with Gasteiger partial charge in [-0.2, -0.15) is 0 Å². The van der Waals surface area contributed by atoms with Crippen molar-refractivity contribution in [1.29, 1.82) is 0 Å². The molecular weight excluding hydrogens is 304 g/mol. The first-order chi connectivity index (χ1) is 10.7. The second-order valence-corrected chi connectivity index (χ2v) is 5.27. The van der Waals surface area contributed by atoms with Gasteiger partial charge in [0.15, 0.2) is 0 Å². The van der Waals surface area contributed by atoms with E-state index in [-0.39, 0.29) is 5.97 Å². The molecule has 2 aromatic rings. The molecule has 1 saturated heterocycles. The Morgan fingerprint density at radius 3 is 2.32 bits per heavy atom. The summed E-state index contributed by atoms with van der Waals surface area (Å²) in [6, 6.07) is 7.68. The Hall–Kier alpha value is -2.20. The van der Waals surface area contributed by atoms with E-state index in [9.17, 15) is 4.79 Å². The lowest BCUT2D eigenvalue weighted by Crippen LogP contribution is -1.98. The Kier molecular flexibility index (Phi) is 3.94. The molecule has 1 aliphatic rings. The number of hydrogen-bond donors (Lipinski definition) is 0. The Balaban J connectivity index is 2.33. The number of fused-ring (bicyclic) bond motifs is 1. The van der Waals surface area contributed by atoms with Crippen molar-refractivity contribution in [2.75, 3.05) is 20.8 Å². The second-order valence-electron chi connectivity index (χ2n) is 4.90. The molecule has 1 heterocycles. The molecule has 0 atom stereocenters. The minimum Gasteiger partial charge on any atom is -0.495 e. The molecule has 114 valence electrons. The Morgan fingerprint density at radius 1 is 1.14 bits per heavy atom. The van der Waals surface area contributed by atoms with Crippen LogP contribution in [0.2, 0.25) is 5.02 Å². The molecule has 0 unspecified atom stereocenters. The van der Waals surface area contributed by atoms with E-state index in [1.165, 1.54) is 0 Å². The van der Waals surface area contributed by atoms with E-state index in [4.69, 9.17) is 25.8 Å². The molecule has 22 heavy (non-hydrogen) atoms. The summed E-state index contributed by atoms with van der Waals surface area (Å²) in [6.07, 6.45) is 2.29. The molecule has 0 N–H and O–H groups in total. The van der Waals surface area contributed by atoms with Gasteiger partial charge in [0.1, 0.15) is 11.5 Å². The van der Waals surface area contributed by atoms with Gasteiger partial charge in [0, 0.05) is 28.3 Å². The topological polar surface area (TPSA) is 44.8 Å². The highest BCUT2D eigenvalue weighted by atomic mass is 35.5. The minimum atomic E-state index is -0.315. The van der Waals surface area contributed by atoms with Crippen molar-refractivity contribution in [2.24, 2.45) is 0 Å². The van der Waals surface area contributed by atoms with E-state index in [0.29, 0.717) is 40.7 Å². The van der Waals surface area contributed by atoms with Crippen LogP contribution in [0.3, 0.4) is 0 Å². The van der Waals surface area contributed by atoms with Crippen molar-refractivity contribution in [3.8, 4) is 11.5 Å². The monoisotopic (exact) mass is 318 g/mol. The molecule has 0 saturated carbocycles. The molecule has 1 fully saturated rings. The van der Waals surface area contributed by atoms with Gasteiger partial charge >= 0.3 is 5.97 Å². The maximum Gasteiger partial charge on any atom is 0.334 e. The van der Waals surface area contributed by atoms with Crippen molar-refractivity contribution in [2.45, 2.75) is 6.42 Å². The number of cyclic esters (lactones) is 1. The first kappa shape index (κ1) is 14.7. The van der Waals surface area contributed by atoms with E-state index < -0.39 is 0 Å². The van der Waals surface area contributed by atoms with Crippen LogP contribution < -0.4 is 9.47 Å². The minimum absolute atomic E-state index is 0.315. The van der Waals surface area contributed by atoms with E-state index in [1.54, 1.807) is 20.3 Å². The van der Waals surface area contributed by atoms with Gasteiger partial charge in [0.25, 0.3) is 0 Å². The smallest absolute Gasteiger partial charge is 0.334 e. The molecule has 0 amide bonds. The van der Waals surface area contributed by atoms with Gasteiger partial charge in [0.05, 0.1) is 25.8 Å². The Labute approximate surface area is 133 Å². The summed E-state index contributed by atoms with van der Waals surface area (Å²) >= 11 is 6.50. The SMILES string of the molecule is COc1c(Cl)c(/C=C2\CCOC2=O)c(OC)c2ccccc12. The van der Waals surface area contributed by atoms with Crippen molar-refractivity contribution < 1.29 is 19.0 Å². The zero-order valence-corrected chi connectivity index (χ0v) is 13.1. The fourth-order valence-corrected chi connectivity index (χ4v) is 2.99. The van der Waals surface area contributed by atoms with Crippen LogP contribution in [0, 0.1) is 0 Å². The zero-order chi connectivity index (χ0) is 15.7. The Bertz CT molecular complexity index is 780. The van der Waals surface area contributed by atoms with Crippen molar-refractivity contribution in [1.82, 2.24) is 0 Å². The number of benzene rings is 2. The molecule has 0 radical (unpaired) electrons. The third kappa shape index (κ3) is 2.29. The molecule has 3 rings (SSSR count). The third-order valence-electron chi connectivity index (χ3n) is 3.69. The number of methoxy groups -OCH3 is 2. The highest BCUT2D eigenvalue weighted by Crippen LogP contribution is 2.44. The van der Waals surface area contributed by atoms with Crippen LogP contribution in [0.4, 0.5) is 0 Å². The van der Waals surface area contributed by atoms with E-state index in [1.807, 2.05) is 24.3 Å². The number of carbonyl (C=O) groups is 1. The highest BCUT2D eigenvalue weighted by molar-refractivity contribution is 6.35. The first-order valence-electron chi connectivity index (χ1n) is 6.87. The average Bonchev–Trinajstić information content (AvgIpc) is 2.93. The van der Waals surface area contributed by atoms with E-state index in [0.717, 1.165) is 10.8 Å². The molecule has 0 bridgehead atoms. The third-order valence-corrected chi connectivity index (χ3v) is 4.07. The largest absolute Gasteiger partial charge is 0.495 e. The van der Waals surface area contributed by atoms with Crippen LogP contribution in [0.1, 0.15) is 12.0 Å². The van der Waals surface area contributed by atoms with Gasteiger partial charge in [-0.1, -0.05) is 35.9 Å². The predicted octanol–water partition coefficient (Wildman–Crippen LogP) is 3.84. The summed E-state index contributed by atoms with van der Waals surface area (Å²) in [4.78, 5) is 11.7. The van der Waals surface area contributed by atoms with E-state index >= 15 is 0 Å². The predicted molar refractivity (Wildman–Crippen MR) is 85.6 cm³/mol. The average molecular weight is 319 g/mol. The van der Waals surface area contributed by atoms with Crippen LogP contribution in [-0.2, 0) is 9.53 Å². The van der Waals surface area contributed by atoms with Gasteiger partial charge in [-0.3, -0.25) is 0 Å². The number of hydrogen-bond acceptors (Lipinski definition) is 4. The highest BCUT2D eigenvalue weighted by Gasteiger charge is 2.23. The van der Waals surface area contributed by atoms with Gasteiger partial charge in [-0.15, -0.1) is 0 Å². The summed E-state index contributed by atoms with van der Waals surface area (Å²) in [6.45, 7) is 0.398. The number of carbonyl (C=O) groups excluding carboxylic acids is 1.